The quantitative estimate of drug-likeness (QED) is 0.314. The molecule has 0 heterocycles. The smallest absolute Gasteiger partial charge is 0.246 e. The number of nitrogens with two attached hydrogens (primary N) is 1. The Morgan fingerprint density at radius 1 is 1.42 bits per heavy atom. The molecule has 1 rings (SSSR count). The topological polar surface area (TPSA) is 79.5 Å². The van der Waals surface area contributed by atoms with Crippen LogP contribution in [0.2, 0.25) is 0 Å². The number of nitrogens with one attached hydrogen (secondary N) is 2. The Bertz CT molecular complexity index is 448. The number of halogens is 2. The Morgan fingerprint density at radius 2 is 2.05 bits per heavy atom. The van der Waals surface area contributed by atoms with Gasteiger partial charge in [0.05, 0.1) is 0 Å². The number of nitrogens with zero attached hydrogens (tertiary/aromatic N) is 1. The standard InChI is InChI=1S/C12H15FN4O.HI/c1-2-7-15-12(14)16-8-11(18)17-10-5-3-9(13)4-6-10;/h2-6H,1,7-8H2,(H,17,18)(H3,14,15,16);1H. The molecule has 5 nitrogen and oxygen atoms in total. The molecule has 0 unspecified atom stereocenters. The predicted octanol–water partition coefficient (Wildman–Crippen LogP) is 1.47. The van der Waals surface area contributed by atoms with Gasteiger partial charge in [0.25, 0.3) is 0 Å². The monoisotopic (exact) mass is 378 g/mol. The molecule has 104 valence electrons. The highest BCUT2D eigenvalue weighted by Crippen LogP contribution is 2.07. The van der Waals surface area contributed by atoms with Crippen molar-refractivity contribution in [2.24, 2.45) is 10.7 Å². The van der Waals surface area contributed by atoms with Crippen LogP contribution >= 0.6 is 24.0 Å². The first-order chi connectivity index (χ1) is 8.61. The lowest BCUT2D eigenvalue weighted by Crippen LogP contribution is -2.32. The van der Waals surface area contributed by atoms with Crippen LogP contribution in [0.25, 0.3) is 0 Å². The van der Waals surface area contributed by atoms with Gasteiger partial charge in [-0.2, -0.15) is 0 Å². The van der Waals surface area contributed by atoms with Gasteiger partial charge in [-0.05, 0) is 24.3 Å². The molecule has 0 aliphatic heterocycles. The zero-order chi connectivity index (χ0) is 13.4. The molecule has 1 aromatic carbocycles. The van der Waals surface area contributed by atoms with E-state index >= 15 is 0 Å². The largest absolute Gasteiger partial charge is 0.370 e. The first kappa shape index (κ1) is 17.4. The van der Waals surface area contributed by atoms with Gasteiger partial charge >= 0.3 is 0 Å². The van der Waals surface area contributed by atoms with Crippen LogP contribution in [0.3, 0.4) is 0 Å². The molecule has 0 aliphatic rings. The molecule has 0 saturated carbocycles. The summed E-state index contributed by atoms with van der Waals surface area (Å²) in [4.78, 5) is 15.3. The van der Waals surface area contributed by atoms with E-state index in [4.69, 9.17) is 5.73 Å². The number of rotatable bonds is 5. The van der Waals surface area contributed by atoms with Crippen molar-refractivity contribution >= 4 is 41.5 Å². The van der Waals surface area contributed by atoms with Crippen LogP contribution in [0.5, 0.6) is 0 Å². The summed E-state index contributed by atoms with van der Waals surface area (Å²) in [7, 11) is 0. The van der Waals surface area contributed by atoms with Crippen LogP contribution in [0, 0.1) is 5.82 Å². The van der Waals surface area contributed by atoms with Gasteiger partial charge in [-0.3, -0.25) is 4.79 Å². The van der Waals surface area contributed by atoms with Crippen molar-refractivity contribution in [1.82, 2.24) is 5.32 Å². The molecule has 0 atom stereocenters. The van der Waals surface area contributed by atoms with Gasteiger partial charge < -0.3 is 16.4 Å². The summed E-state index contributed by atoms with van der Waals surface area (Å²) in [6.07, 6.45) is 1.63. The van der Waals surface area contributed by atoms with Gasteiger partial charge in [0.1, 0.15) is 12.4 Å². The third-order valence-corrected chi connectivity index (χ3v) is 1.95. The maximum Gasteiger partial charge on any atom is 0.246 e. The number of benzene rings is 1. The normalized spacial score (nSPS) is 10.3. The van der Waals surface area contributed by atoms with Crippen LogP contribution in [0.1, 0.15) is 0 Å². The Hall–Kier alpha value is -1.64. The molecule has 19 heavy (non-hydrogen) atoms. The molecule has 7 heteroatoms. The Kier molecular flexibility index (Phi) is 8.51. The van der Waals surface area contributed by atoms with Crippen LogP contribution < -0.4 is 16.4 Å². The molecular formula is C12H16FIN4O. The summed E-state index contributed by atoms with van der Waals surface area (Å²) < 4.78 is 12.6. The van der Waals surface area contributed by atoms with Crippen LogP contribution in [-0.4, -0.2) is 25.0 Å². The predicted molar refractivity (Wildman–Crippen MR) is 85.1 cm³/mol. The zero-order valence-electron chi connectivity index (χ0n) is 10.2. The highest BCUT2D eigenvalue weighted by atomic mass is 127. The number of hydrogen-bond donors (Lipinski definition) is 3. The van der Waals surface area contributed by atoms with Crippen LogP contribution in [-0.2, 0) is 4.79 Å². The number of anilines is 1. The summed E-state index contributed by atoms with van der Waals surface area (Å²) in [6.45, 7) is 3.89. The second-order valence-corrected chi connectivity index (χ2v) is 3.43. The Morgan fingerprint density at radius 3 is 2.63 bits per heavy atom. The first-order valence-corrected chi connectivity index (χ1v) is 5.32. The summed E-state index contributed by atoms with van der Waals surface area (Å²) >= 11 is 0. The Balaban J connectivity index is 0.00000324. The molecular weight excluding hydrogens is 362 g/mol. The van der Waals surface area contributed by atoms with Crippen molar-refractivity contribution in [1.29, 1.82) is 0 Å². The molecule has 1 aromatic rings. The second kappa shape index (κ2) is 9.31. The summed E-state index contributed by atoms with van der Waals surface area (Å²) in [5.74, 6) is -0.516. The van der Waals surface area contributed by atoms with Crippen LogP contribution in [0.4, 0.5) is 10.1 Å². The fourth-order valence-electron chi connectivity index (χ4n) is 1.12. The SMILES string of the molecule is C=CCNC(N)=NCC(=O)Nc1ccc(F)cc1.I. The molecule has 0 radical (unpaired) electrons. The van der Waals surface area contributed by atoms with Crippen molar-refractivity contribution < 1.29 is 9.18 Å². The average molecular weight is 378 g/mol. The van der Waals surface area contributed by atoms with Crippen LogP contribution in [0.15, 0.2) is 41.9 Å². The molecule has 4 N–H and O–H groups in total. The fraction of sp³-hybridized carbons (Fsp3) is 0.167. The maximum atomic E-state index is 12.6. The lowest BCUT2D eigenvalue weighted by Gasteiger charge is -2.04. The van der Waals surface area contributed by atoms with Crippen molar-refractivity contribution in [2.75, 3.05) is 18.4 Å². The van der Waals surface area contributed by atoms with E-state index in [9.17, 15) is 9.18 Å². The van der Waals surface area contributed by atoms with E-state index in [0.29, 0.717) is 12.2 Å². The number of aliphatic imine (C=N–C) groups is 1. The van der Waals surface area contributed by atoms with Gasteiger partial charge in [-0.1, -0.05) is 6.08 Å². The van der Waals surface area contributed by atoms with Gasteiger partial charge in [0.2, 0.25) is 5.91 Å². The minimum Gasteiger partial charge on any atom is -0.370 e. The van der Waals surface area contributed by atoms with E-state index in [1.165, 1.54) is 24.3 Å². The first-order valence-electron chi connectivity index (χ1n) is 5.32. The van der Waals surface area contributed by atoms with E-state index in [1.54, 1.807) is 6.08 Å². The molecule has 0 aromatic heterocycles. The number of hydrogen-bond acceptors (Lipinski definition) is 2. The third kappa shape index (κ3) is 7.39. The van der Waals surface area contributed by atoms with Gasteiger partial charge in [0.15, 0.2) is 5.96 Å². The Labute approximate surface area is 128 Å². The van der Waals surface area contributed by atoms with E-state index in [0.717, 1.165) is 0 Å². The lowest BCUT2D eigenvalue weighted by atomic mass is 10.3. The van der Waals surface area contributed by atoms with E-state index in [1.807, 2.05) is 0 Å². The van der Waals surface area contributed by atoms with Crippen molar-refractivity contribution in [3.8, 4) is 0 Å². The number of amides is 1. The molecule has 0 fully saturated rings. The number of carbonyl (C=O) groups is 1. The average Bonchev–Trinajstić information content (AvgIpc) is 2.36. The van der Waals surface area contributed by atoms with E-state index in [2.05, 4.69) is 22.2 Å². The van der Waals surface area contributed by atoms with Crippen molar-refractivity contribution in [3.63, 3.8) is 0 Å². The van der Waals surface area contributed by atoms with Crippen molar-refractivity contribution in [3.05, 3.63) is 42.7 Å². The molecule has 0 saturated heterocycles. The molecule has 0 spiro atoms. The highest BCUT2D eigenvalue weighted by Gasteiger charge is 2.01. The van der Waals surface area contributed by atoms with Gasteiger partial charge in [-0.15, -0.1) is 30.6 Å². The van der Waals surface area contributed by atoms with E-state index in [-0.39, 0.29) is 48.2 Å². The molecule has 0 aliphatic carbocycles. The zero-order valence-corrected chi connectivity index (χ0v) is 12.6. The molecule has 0 bridgehead atoms. The summed E-state index contributed by atoms with van der Waals surface area (Å²) in [5.41, 5.74) is 5.99. The minimum absolute atomic E-state index is 0. The maximum absolute atomic E-state index is 12.6. The lowest BCUT2D eigenvalue weighted by molar-refractivity contribution is -0.114. The molecule has 1 amide bonds. The number of guanidine groups is 1. The third-order valence-electron chi connectivity index (χ3n) is 1.95. The minimum atomic E-state index is -0.358. The van der Waals surface area contributed by atoms with E-state index < -0.39 is 0 Å². The number of carbonyl (C=O) groups excluding carboxylic acids is 1. The fourth-order valence-corrected chi connectivity index (χ4v) is 1.12. The highest BCUT2D eigenvalue weighted by molar-refractivity contribution is 14.0. The summed E-state index contributed by atoms with van der Waals surface area (Å²) in [6, 6.07) is 5.46. The van der Waals surface area contributed by atoms with Crippen molar-refractivity contribution in [2.45, 2.75) is 0 Å². The van der Waals surface area contributed by atoms with Gasteiger partial charge in [0, 0.05) is 12.2 Å². The summed E-state index contributed by atoms with van der Waals surface area (Å²) in [5, 5.41) is 5.30. The van der Waals surface area contributed by atoms with Gasteiger partial charge in [-0.25, -0.2) is 9.38 Å². The second-order valence-electron chi connectivity index (χ2n) is 3.43.